The summed E-state index contributed by atoms with van der Waals surface area (Å²) >= 11 is 1.000. The Kier molecular flexibility index (Phi) is 3.25. The van der Waals surface area contributed by atoms with Crippen molar-refractivity contribution in [1.29, 1.82) is 0 Å². The second kappa shape index (κ2) is 4.78. The van der Waals surface area contributed by atoms with Crippen LogP contribution in [-0.2, 0) is 10.0 Å². The fraction of sp³-hybridized carbons (Fsp3) is 0.455. The first-order chi connectivity index (χ1) is 9.14. The number of sulfonamides is 1. The molecule has 8 heteroatoms. The number of aliphatic hydroxyl groups is 1. The van der Waals surface area contributed by atoms with Gasteiger partial charge in [-0.15, -0.1) is 0 Å². The lowest BCUT2D eigenvalue weighted by atomic mass is 10.2. The van der Waals surface area contributed by atoms with Gasteiger partial charge in [0.15, 0.2) is 0 Å². The molecule has 0 aliphatic carbocycles. The van der Waals surface area contributed by atoms with Crippen molar-refractivity contribution >= 4 is 32.8 Å². The topological polar surface area (TPSA) is 83.4 Å². The van der Waals surface area contributed by atoms with Crippen LogP contribution in [0.1, 0.15) is 12.8 Å². The van der Waals surface area contributed by atoms with E-state index in [1.165, 1.54) is 4.31 Å². The molecule has 6 nitrogen and oxygen atoms in total. The van der Waals surface area contributed by atoms with E-state index in [0.717, 1.165) is 18.1 Å². The van der Waals surface area contributed by atoms with Crippen molar-refractivity contribution in [2.45, 2.75) is 23.8 Å². The highest BCUT2D eigenvalue weighted by atomic mass is 32.2. The number of rotatable bonds is 3. The third-order valence-corrected chi connectivity index (χ3v) is 5.90. The second-order valence-electron chi connectivity index (χ2n) is 4.48. The Balaban J connectivity index is 2.12. The van der Waals surface area contributed by atoms with E-state index in [4.69, 9.17) is 0 Å². The highest BCUT2D eigenvalue weighted by molar-refractivity contribution is 7.89. The van der Waals surface area contributed by atoms with Crippen LogP contribution in [0.25, 0.3) is 11.0 Å². The van der Waals surface area contributed by atoms with Crippen LogP contribution in [0.4, 0.5) is 0 Å². The van der Waals surface area contributed by atoms with Crippen molar-refractivity contribution in [2.75, 3.05) is 13.2 Å². The molecule has 1 aromatic heterocycles. The lowest BCUT2D eigenvalue weighted by Crippen LogP contribution is -2.37. The van der Waals surface area contributed by atoms with Crippen LogP contribution in [0.3, 0.4) is 0 Å². The summed E-state index contributed by atoms with van der Waals surface area (Å²) in [7, 11) is -3.62. The third-order valence-electron chi connectivity index (χ3n) is 3.37. The molecule has 1 fully saturated rings. The standard InChI is InChI=1S/C11H13N3O3S2/c15-7-8-3-2-6-14(8)19(16,17)10-5-1-4-9-11(10)13-18-12-9/h1,4-5,8,15H,2-3,6-7H2. The summed E-state index contributed by atoms with van der Waals surface area (Å²) < 4.78 is 34.8. The first kappa shape index (κ1) is 12.9. The monoisotopic (exact) mass is 299 g/mol. The predicted molar refractivity (Wildman–Crippen MR) is 71.4 cm³/mol. The minimum atomic E-state index is -3.62. The van der Waals surface area contributed by atoms with Gasteiger partial charge in [-0.05, 0) is 25.0 Å². The fourth-order valence-electron chi connectivity index (χ4n) is 2.42. The molecule has 19 heavy (non-hydrogen) atoms. The summed E-state index contributed by atoms with van der Waals surface area (Å²) in [6.07, 6.45) is 1.47. The summed E-state index contributed by atoms with van der Waals surface area (Å²) in [6, 6.07) is 4.63. The number of hydrogen-bond donors (Lipinski definition) is 1. The number of hydrogen-bond acceptors (Lipinski definition) is 6. The molecule has 1 unspecified atom stereocenters. The molecule has 3 rings (SSSR count). The molecule has 2 heterocycles. The molecule has 0 radical (unpaired) electrons. The normalized spacial score (nSPS) is 21.2. The van der Waals surface area contributed by atoms with Crippen LogP contribution < -0.4 is 0 Å². The number of aromatic nitrogens is 2. The van der Waals surface area contributed by atoms with E-state index in [9.17, 15) is 13.5 Å². The third kappa shape index (κ3) is 2.04. The summed E-state index contributed by atoms with van der Waals surface area (Å²) in [6.45, 7) is 0.298. The van der Waals surface area contributed by atoms with E-state index in [-0.39, 0.29) is 17.5 Å². The van der Waals surface area contributed by atoms with Crippen LogP contribution in [0.2, 0.25) is 0 Å². The van der Waals surface area contributed by atoms with Crippen molar-refractivity contribution < 1.29 is 13.5 Å². The number of fused-ring (bicyclic) bond motifs is 1. The second-order valence-corrected chi connectivity index (χ2v) is 6.87. The zero-order valence-electron chi connectivity index (χ0n) is 10.1. The Morgan fingerprint density at radius 1 is 1.42 bits per heavy atom. The van der Waals surface area contributed by atoms with Gasteiger partial charge in [0.1, 0.15) is 15.9 Å². The first-order valence-corrected chi connectivity index (χ1v) is 8.15. The van der Waals surface area contributed by atoms with Gasteiger partial charge in [0.25, 0.3) is 0 Å². The average Bonchev–Trinajstić information content (AvgIpc) is 3.06. The van der Waals surface area contributed by atoms with Crippen LogP contribution in [0, 0.1) is 0 Å². The van der Waals surface area contributed by atoms with Crippen LogP contribution in [-0.4, -0.2) is 45.8 Å². The summed E-state index contributed by atoms with van der Waals surface area (Å²) in [5.74, 6) is 0. The largest absolute Gasteiger partial charge is 0.395 e. The maximum atomic E-state index is 12.7. The van der Waals surface area contributed by atoms with Crippen LogP contribution in [0.5, 0.6) is 0 Å². The smallest absolute Gasteiger partial charge is 0.245 e. The van der Waals surface area contributed by atoms with Crippen molar-refractivity contribution in [3.8, 4) is 0 Å². The number of aliphatic hydroxyl groups excluding tert-OH is 1. The van der Waals surface area contributed by atoms with E-state index in [0.29, 0.717) is 24.0 Å². The molecule has 2 aromatic rings. The van der Waals surface area contributed by atoms with Crippen molar-refractivity contribution in [3.63, 3.8) is 0 Å². The molecule has 1 aromatic carbocycles. The lowest BCUT2D eigenvalue weighted by molar-refractivity contribution is 0.213. The van der Waals surface area contributed by atoms with E-state index < -0.39 is 10.0 Å². The minimum Gasteiger partial charge on any atom is -0.395 e. The zero-order chi connectivity index (χ0) is 13.5. The number of benzene rings is 1. The van der Waals surface area contributed by atoms with Crippen LogP contribution in [0.15, 0.2) is 23.1 Å². The predicted octanol–water partition coefficient (Wildman–Crippen LogP) is 0.837. The maximum Gasteiger partial charge on any atom is 0.245 e. The molecule has 1 aliphatic heterocycles. The molecule has 1 saturated heterocycles. The van der Waals surface area contributed by atoms with Gasteiger partial charge in [-0.3, -0.25) is 0 Å². The molecule has 0 saturated carbocycles. The Morgan fingerprint density at radius 3 is 3.05 bits per heavy atom. The Morgan fingerprint density at radius 2 is 2.26 bits per heavy atom. The highest BCUT2D eigenvalue weighted by Gasteiger charge is 2.36. The average molecular weight is 299 g/mol. The molecular weight excluding hydrogens is 286 g/mol. The SMILES string of the molecule is O=S(=O)(c1cccc2nsnc12)N1CCCC1CO. The fourth-order valence-corrected chi connectivity index (χ4v) is 4.86. The van der Waals surface area contributed by atoms with E-state index >= 15 is 0 Å². The number of nitrogens with zero attached hydrogens (tertiary/aromatic N) is 3. The Bertz CT molecular complexity index is 698. The van der Waals surface area contributed by atoms with Crippen LogP contribution >= 0.6 is 11.7 Å². The molecule has 0 amide bonds. The van der Waals surface area contributed by atoms with Gasteiger partial charge in [-0.2, -0.15) is 13.1 Å². The van der Waals surface area contributed by atoms with E-state index in [1.54, 1.807) is 18.2 Å². The molecule has 1 aliphatic rings. The van der Waals surface area contributed by atoms with Gasteiger partial charge >= 0.3 is 0 Å². The van der Waals surface area contributed by atoms with Crippen molar-refractivity contribution in [2.24, 2.45) is 0 Å². The van der Waals surface area contributed by atoms with Gasteiger partial charge in [-0.1, -0.05) is 6.07 Å². The molecule has 0 spiro atoms. The van der Waals surface area contributed by atoms with Gasteiger partial charge in [0, 0.05) is 12.6 Å². The lowest BCUT2D eigenvalue weighted by Gasteiger charge is -2.22. The summed E-state index contributed by atoms with van der Waals surface area (Å²) in [5, 5.41) is 9.29. The molecule has 1 N–H and O–H groups in total. The first-order valence-electron chi connectivity index (χ1n) is 5.98. The summed E-state index contributed by atoms with van der Waals surface area (Å²) in [5.41, 5.74) is 1.00. The minimum absolute atomic E-state index is 0.148. The Labute approximate surface area is 115 Å². The van der Waals surface area contributed by atoms with Crippen molar-refractivity contribution in [1.82, 2.24) is 13.1 Å². The van der Waals surface area contributed by atoms with Gasteiger partial charge in [0.2, 0.25) is 10.0 Å². The van der Waals surface area contributed by atoms with Gasteiger partial charge in [-0.25, -0.2) is 8.42 Å². The zero-order valence-corrected chi connectivity index (χ0v) is 11.7. The van der Waals surface area contributed by atoms with Gasteiger partial charge in [0.05, 0.1) is 18.3 Å². The molecule has 1 atom stereocenters. The molecule has 102 valence electrons. The highest BCUT2D eigenvalue weighted by Crippen LogP contribution is 2.29. The van der Waals surface area contributed by atoms with E-state index in [1.807, 2.05) is 0 Å². The molecule has 0 bridgehead atoms. The van der Waals surface area contributed by atoms with Gasteiger partial charge < -0.3 is 5.11 Å². The maximum absolute atomic E-state index is 12.7. The molecular formula is C11H13N3O3S2. The van der Waals surface area contributed by atoms with E-state index in [2.05, 4.69) is 8.75 Å². The van der Waals surface area contributed by atoms with Crippen molar-refractivity contribution in [3.05, 3.63) is 18.2 Å². The quantitative estimate of drug-likeness (QED) is 0.908. The summed E-state index contributed by atoms with van der Waals surface area (Å²) in [4.78, 5) is 0.180. The Hall–Kier alpha value is -1.09.